The summed E-state index contributed by atoms with van der Waals surface area (Å²) in [4.78, 5) is 25.3. The van der Waals surface area contributed by atoms with Gasteiger partial charge in [-0.25, -0.2) is 4.79 Å². The van der Waals surface area contributed by atoms with Gasteiger partial charge in [-0.2, -0.15) is 0 Å². The molecule has 2 fully saturated rings. The number of carbonyl (C=O) groups is 2. The van der Waals surface area contributed by atoms with E-state index in [0.717, 1.165) is 19.5 Å². The highest BCUT2D eigenvalue weighted by molar-refractivity contribution is 5.93. The van der Waals surface area contributed by atoms with Gasteiger partial charge in [-0.05, 0) is 42.7 Å². The van der Waals surface area contributed by atoms with Crippen molar-refractivity contribution in [3.8, 4) is 0 Å². The molecule has 0 aromatic carbocycles. The van der Waals surface area contributed by atoms with Gasteiger partial charge < -0.3 is 14.4 Å². The molecule has 5 nitrogen and oxygen atoms in total. The second-order valence-corrected chi connectivity index (χ2v) is 6.81. The molecule has 0 radical (unpaired) electrons. The fourth-order valence-electron chi connectivity index (χ4n) is 4.07. The minimum absolute atomic E-state index is 0.137. The van der Waals surface area contributed by atoms with Gasteiger partial charge in [-0.15, -0.1) is 0 Å². The van der Waals surface area contributed by atoms with Crippen molar-refractivity contribution in [3.63, 3.8) is 0 Å². The first-order chi connectivity index (χ1) is 10.5. The Balaban J connectivity index is 1.76. The molecule has 2 aliphatic rings. The average Bonchev–Trinajstić information content (AvgIpc) is 3.00. The van der Waals surface area contributed by atoms with Gasteiger partial charge in [0.25, 0.3) is 5.91 Å². The molecule has 1 spiro atoms. The van der Waals surface area contributed by atoms with Crippen molar-refractivity contribution in [1.82, 2.24) is 4.90 Å². The van der Waals surface area contributed by atoms with Crippen molar-refractivity contribution >= 4 is 11.9 Å². The van der Waals surface area contributed by atoms with E-state index in [1.54, 1.807) is 0 Å². The Morgan fingerprint density at radius 2 is 1.91 bits per heavy atom. The minimum Gasteiger partial charge on any atom is -0.475 e. The minimum atomic E-state index is -1.14. The van der Waals surface area contributed by atoms with Crippen LogP contribution < -0.4 is 0 Å². The standard InChI is InChI=1S/C17H23NO4/c1-12-7-10-18(11-17(12)8-3-2-4-9-17)15(19)13-5-6-14(22-13)16(20)21/h5-6,12H,2-4,7-11H2,1H3,(H,20,21). The molecule has 1 aliphatic heterocycles. The first kappa shape index (κ1) is 15.1. The number of furan rings is 1. The van der Waals surface area contributed by atoms with Gasteiger partial charge >= 0.3 is 5.97 Å². The van der Waals surface area contributed by atoms with E-state index in [4.69, 9.17) is 9.52 Å². The Kier molecular flexibility index (Phi) is 3.98. The summed E-state index contributed by atoms with van der Waals surface area (Å²) in [5.74, 6) is -0.721. The van der Waals surface area contributed by atoms with Crippen molar-refractivity contribution < 1.29 is 19.1 Å². The van der Waals surface area contributed by atoms with Gasteiger partial charge in [0.15, 0.2) is 5.76 Å². The summed E-state index contributed by atoms with van der Waals surface area (Å²) in [5, 5.41) is 8.91. The molecular weight excluding hydrogens is 282 g/mol. The van der Waals surface area contributed by atoms with Gasteiger partial charge in [-0.1, -0.05) is 26.2 Å². The lowest BCUT2D eigenvalue weighted by Gasteiger charge is -2.49. The van der Waals surface area contributed by atoms with Crippen molar-refractivity contribution in [2.75, 3.05) is 13.1 Å². The molecule has 3 rings (SSSR count). The molecule has 1 amide bonds. The van der Waals surface area contributed by atoms with Crippen LogP contribution in [0.1, 0.15) is 66.6 Å². The van der Waals surface area contributed by atoms with E-state index in [-0.39, 0.29) is 22.8 Å². The van der Waals surface area contributed by atoms with Crippen LogP contribution in [0.3, 0.4) is 0 Å². The van der Waals surface area contributed by atoms with E-state index < -0.39 is 5.97 Å². The molecule has 120 valence electrons. The maximum atomic E-state index is 12.6. The largest absolute Gasteiger partial charge is 0.475 e. The quantitative estimate of drug-likeness (QED) is 0.909. The van der Waals surface area contributed by atoms with Gasteiger partial charge in [0.2, 0.25) is 5.76 Å². The summed E-state index contributed by atoms with van der Waals surface area (Å²) < 4.78 is 5.17. The van der Waals surface area contributed by atoms with E-state index in [1.165, 1.54) is 44.2 Å². The Morgan fingerprint density at radius 1 is 1.23 bits per heavy atom. The molecule has 5 heteroatoms. The third-order valence-corrected chi connectivity index (χ3v) is 5.55. The number of hydrogen-bond acceptors (Lipinski definition) is 3. The number of piperidine rings is 1. The highest BCUT2D eigenvalue weighted by atomic mass is 16.4. The van der Waals surface area contributed by atoms with Crippen LogP contribution in [0.4, 0.5) is 0 Å². The smallest absolute Gasteiger partial charge is 0.371 e. The van der Waals surface area contributed by atoms with E-state index >= 15 is 0 Å². The number of rotatable bonds is 2. The zero-order valence-corrected chi connectivity index (χ0v) is 13.0. The van der Waals surface area contributed by atoms with Crippen LogP contribution in [-0.4, -0.2) is 35.0 Å². The first-order valence-corrected chi connectivity index (χ1v) is 8.14. The predicted octanol–water partition coefficient (Wildman–Crippen LogP) is 3.41. The first-order valence-electron chi connectivity index (χ1n) is 8.14. The fraction of sp³-hybridized carbons (Fsp3) is 0.647. The molecule has 1 unspecified atom stereocenters. The lowest BCUT2D eigenvalue weighted by atomic mass is 9.63. The molecule has 1 aromatic rings. The normalized spacial score (nSPS) is 24.4. The molecule has 1 saturated carbocycles. The molecule has 1 saturated heterocycles. The maximum absolute atomic E-state index is 12.6. The number of hydrogen-bond donors (Lipinski definition) is 1. The van der Waals surface area contributed by atoms with E-state index in [1.807, 2.05) is 4.90 Å². The lowest BCUT2D eigenvalue weighted by Crippen LogP contribution is -2.50. The summed E-state index contributed by atoms with van der Waals surface area (Å²) in [6.07, 6.45) is 7.18. The summed E-state index contributed by atoms with van der Waals surface area (Å²) in [6, 6.07) is 2.82. The number of likely N-dealkylation sites (tertiary alicyclic amines) is 1. The highest BCUT2D eigenvalue weighted by Gasteiger charge is 2.43. The Bertz CT molecular complexity index is 571. The third kappa shape index (κ3) is 2.64. The number of carboxylic acid groups (broad SMARTS) is 1. The Morgan fingerprint density at radius 3 is 2.55 bits per heavy atom. The van der Waals surface area contributed by atoms with Gasteiger partial charge in [0.05, 0.1) is 0 Å². The summed E-state index contributed by atoms with van der Waals surface area (Å²) >= 11 is 0. The predicted molar refractivity (Wildman–Crippen MR) is 80.9 cm³/mol. The van der Waals surface area contributed by atoms with Gasteiger partial charge in [-0.3, -0.25) is 4.79 Å². The Hall–Kier alpha value is -1.78. The molecule has 22 heavy (non-hydrogen) atoms. The van der Waals surface area contributed by atoms with E-state index in [9.17, 15) is 9.59 Å². The van der Waals surface area contributed by atoms with Crippen molar-refractivity contribution in [2.24, 2.45) is 11.3 Å². The van der Waals surface area contributed by atoms with E-state index in [0.29, 0.717) is 5.92 Å². The van der Waals surface area contributed by atoms with Gasteiger partial charge in [0, 0.05) is 13.1 Å². The van der Waals surface area contributed by atoms with Crippen LogP contribution >= 0.6 is 0 Å². The molecule has 1 atom stereocenters. The number of nitrogens with zero attached hydrogens (tertiary/aromatic N) is 1. The van der Waals surface area contributed by atoms with Crippen LogP contribution in [-0.2, 0) is 0 Å². The highest BCUT2D eigenvalue weighted by Crippen LogP contribution is 2.47. The number of carbonyl (C=O) groups excluding carboxylic acids is 1. The molecule has 1 N–H and O–H groups in total. The molecular formula is C17H23NO4. The van der Waals surface area contributed by atoms with Crippen LogP contribution in [0.2, 0.25) is 0 Å². The third-order valence-electron chi connectivity index (χ3n) is 5.55. The zero-order chi connectivity index (χ0) is 15.7. The van der Waals surface area contributed by atoms with Crippen LogP contribution in [0.15, 0.2) is 16.5 Å². The molecule has 2 heterocycles. The molecule has 0 bridgehead atoms. The van der Waals surface area contributed by atoms with Gasteiger partial charge in [0.1, 0.15) is 0 Å². The monoisotopic (exact) mass is 305 g/mol. The number of carboxylic acids is 1. The fourth-order valence-corrected chi connectivity index (χ4v) is 4.07. The molecule has 1 aromatic heterocycles. The second kappa shape index (κ2) is 5.78. The van der Waals surface area contributed by atoms with Crippen molar-refractivity contribution in [1.29, 1.82) is 0 Å². The van der Waals surface area contributed by atoms with Crippen molar-refractivity contribution in [2.45, 2.75) is 45.4 Å². The summed E-state index contributed by atoms with van der Waals surface area (Å²) in [7, 11) is 0. The number of amides is 1. The maximum Gasteiger partial charge on any atom is 0.371 e. The molecule has 1 aliphatic carbocycles. The Labute approximate surface area is 130 Å². The average molecular weight is 305 g/mol. The van der Waals surface area contributed by atoms with Crippen LogP contribution in [0.5, 0.6) is 0 Å². The SMILES string of the molecule is CC1CCN(C(=O)c2ccc(C(=O)O)o2)CC12CCCCC2. The topological polar surface area (TPSA) is 70.8 Å². The summed E-state index contributed by atoms with van der Waals surface area (Å²) in [6.45, 7) is 3.81. The zero-order valence-electron chi connectivity index (χ0n) is 13.0. The lowest BCUT2D eigenvalue weighted by molar-refractivity contribution is 0.00522. The van der Waals surface area contributed by atoms with Crippen LogP contribution in [0, 0.1) is 11.3 Å². The van der Waals surface area contributed by atoms with E-state index in [2.05, 4.69) is 6.92 Å². The second-order valence-electron chi connectivity index (χ2n) is 6.81. The van der Waals surface area contributed by atoms with Crippen molar-refractivity contribution in [3.05, 3.63) is 23.7 Å². The number of aromatic carboxylic acids is 1. The van der Waals surface area contributed by atoms with Crippen LogP contribution in [0.25, 0.3) is 0 Å². The summed E-state index contributed by atoms with van der Waals surface area (Å²) in [5.41, 5.74) is 0.244.